The Morgan fingerprint density at radius 3 is 2.65 bits per heavy atom. The summed E-state index contributed by atoms with van der Waals surface area (Å²) in [5.41, 5.74) is 4.05. The first kappa shape index (κ1) is 18.0. The fourth-order valence-corrected chi connectivity index (χ4v) is 2.87. The molecule has 0 spiro atoms. The van der Waals surface area contributed by atoms with Gasteiger partial charge in [0.05, 0.1) is 5.56 Å². The van der Waals surface area contributed by atoms with E-state index in [0.717, 1.165) is 22.2 Å². The SMILES string of the molecule is Cc1[nH]c2ccc(C(=O)O[C@@H](C)C(=O)Nc3cccc(Cl)c3)cc2c1C. The molecule has 1 heterocycles. The Labute approximate surface area is 156 Å². The van der Waals surface area contributed by atoms with Crippen molar-refractivity contribution in [3.8, 4) is 0 Å². The van der Waals surface area contributed by atoms with Crippen molar-refractivity contribution >= 4 is 40.1 Å². The van der Waals surface area contributed by atoms with E-state index < -0.39 is 18.0 Å². The van der Waals surface area contributed by atoms with Crippen molar-refractivity contribution in [3.63, 3.8) is 0 Å². The molecule has 0 bridgehead atoms. The molecule has 2 aromatic carbocycles. The number of H-pyrrole nitrogens is 1. The summed E-state index contributed by atoms with van der Waals surface area (Å²) < 4.78 is 5.30. The number of hydrogen-bond donors (Lipinski definition) is 2. The smallest absolute Gasteiger partial charge is 0.338 e. The Bertz CT molecular complexity index is 994. The van der Waals surface area contributed by atoms with E-state index in [2.05, 4.69) is 10.3 Å². The molecule has 1 amide bonds. The molecule has 6 heteroatoms. The van der Waals surface area contributed by atoms with Crippen LogP contribution in [-0.2, 0) is 9.53 Å². The molecular formula is C20H19ClN2O3. The molecule has 0 unspecified atom stereocenters. The van der Waals surface area contributed by atoms with Gasteiger partial charge >= 0.3 is 5.97 Å². The third kappa shape index (κ3) is 3.73. The van der Waals surface area contributed by atoms with Crippen molar-refractivity contribution in [3.05, 3.63) is 64.3 Å². The van der Waals surface area contributed by atoms with Crippen molar-refractivity contribution in [1.82, 2.24) is 4.98 Å². The molecule has 0 aliphatic heterocycles. The number of halogens is 1. The zero-order valence-electron chi connectivity index (χ0n) is 14.7. The second-order valence-electron chi connectivity index (χ2n) is 6.18. The molecule has 0 saturated heterocycles. The highest BCUT2D eigenvalue weighted by Crippen LogP contribution is 2.23. The van der Waals surface area contributed by atoms with Crippen LogP contribution in [0, 0.1) is 13.8 Å². The Morgan fingerprint density at radius 1 is 1.15 bits per heavy atom. The lowest BCUT2D eigenvalue weighted by Gasteiger charge is -2.14. The quantitative estimate of drug-likeness (QED) is 0.658. The van der Waals surface area contributed by atoms with Crippen LogP contribution < -0.4 is 5.32 Å². The number of carbonyl (C=O) groups excluding carboxylic acids is 2. The van der Waals surface area contributed by atoms with E-state index in [0.29, 0.717) is 16.3 Å². The maximum absolute atomic E-state index is 12.4. The highest BCUT2D eigenvalue weighted by molar-refractivity contribution is 6.30. The molecule has 2 N–H and O–H groups in total. The number of anilines is 1. The van der Waals surface area contributed by atoms with Gasteiger partial charge in [-0.2, -0.15) is 0 Å². The molecule has 3 aromatic rings. The van der Waals surface area contributed by atoms with Gasteiger partial charge in [-0.05, 0) is 62.7 Å². The summed E-state index contributed by atoms with van der Waals surface area (Å²) in [6.45, 7) is 5.50. The second-order valence-corrected chi connectivity index (χ2v) is 6.62. The number of nitrogens with one attached hydrogen (secondary N) is 2. The Hall–Kier alpha value is -2.79. The van der Waals surface area contributed by atoms with Crippen LogP contribution in [0.5, 0.6) is 0 Å². The maximum Gasteiger partial charge on any atom is 0.338 e. The predicted molar refractivity (Wildman–Crippen MR) is 103 cm³/mol. The molecule has 26 heavy (non-hydrogen) atoms. The van der Waals surface area contributed by atoms with Crippen molar-refractivity contribution < 1.29 is 14.3 Å². The van der Waals surface area contributed by atoms with Crippen molar-refractivity contribution in [2.75, 3.05) is 5.32 Å². The number of benzene rings is 2. The third-order valence-electron chi connectivity index (χ3n) is 4.29. The lowest BCUT2D eigenvalue weighted by atomic mass is 10.1. The van der Waals surface area contributed by atoms with E-state index in [1.54, 1.807) is 36.4 Å². The minimum atomic E-state index is -0.939. The first-order valence-corrected chi connectivity index (χ1v) is 8.59. The van der Waals surface area contributed by atoms with E-state index in [1.807, 2.05) is 19.9 Å². The zero-order valence-corrected chi connectivity index (χ0v) is 15.5. The molecule has 1 aromatic heterocycles. The van der Waals surface area contributed by atoms with Crippen LogP contribution in [0.3, 0.4) is 0 Å². The lowest BCUT2D eigenvalue weighted by molar-refractivity contribution is -0.123. The van der Waals surface area contributed by atoms with E-state index >= 15 is 0 Å². The highest BCUT2D eigenvalue weighted by Gasteiger charge is 2.20. The van der Waals surface area contributed by atoms with E-state index in [-0.39, 0.29) is 0 Å². The van der Waals surface area contributed by atoms with Gasteiger partial charge in [0.25, 0.3) is 5.91 Å². The van der Waals surface area contributed by atoms with Gasteiger partial charge in [-0.15, -0.1) is 0 Å². The highest BCUT2D eigenvalue weighted by atomic mass is 35.5. The fraction of sp³-hybridized carbons (Fsp3) is 0.200. The molecule has 0 aliphatic carbocycles. The molecule has 0 saturated carbocycles. The zero-order chi connectivity index (χ0) is 18.8. The van der Waals surface area contributed by atoms with Crippen LogP contribution >= 0.6 is 11.6 Å². The summed E-state index contributed by atoms with van der Waals surface area (Å²) in [5, 5.41) is 4.15. The predicted octanol–water partition coefficient (Wildman–Crippen LogP) is 4.62. The Kier molecular flexibility index (Phi) is 5.00. The van der Waals surface area contributed by atoms with Gasteiger partial charge in [0, 0.05) is 27.3 Å². The van der Waals surface area contributed by atoms with Crippen molar-refractivity contribution in [2.45, 2.75) is 26.9 Å². The average molecular weight is 371 g/mol. The van der Waals surface area contributed by atoms with E-state index in [9.17, 15) is 9.59 Å². The third-order valence-corrected chi connectivity index (χ3v) is 4.52. The van der Waals surface area contributed by atoms with Gasteiger partial charge in [-0.1, -0.05) is 17.7 Å². The number of amides is 1. The van der Waals surface area contributed by atoms with Gasteiger partial charge in [0.15, 0.2) is 6.10 Å². The second kappa shape index (κ2) is 7.22. The van der Waals surface area contributed by atoms with E-state index in [1.165, 1.54) is 6.92 Å². The number of carbonyl (C=O) groups is 2. The average Bonchev–Trinajstić information content (AvgIpc) is 2.88. The maximum atomic E-state index is 12.4. The number of hydrogen-bond acceptors (Lipinski definition) is 3. The van der Waals surface area contributed by atoms with Crippen molar-refractivity contribution in [2.24, 2.45) is 0 Å². The summed E-state index contributed by atoms with van der Waals surface area (Å²) in [6, 6.07) is 12.1. The molecule has 5 nitrogen and oxygen atoms in total. The van der Waals surface area contributed by atoms with Crippen LogP contribution in [0.2, 0.25) is 5.02 Å². The minimum Gasteiger partial charge on any atom is -0.449 e. The number of aromatic nitrogens is 1. The summed E-state index contributed by atoms with van der Waals surface area (Å²) in [7, 11) is 0. The summed E-state index contributed by atoms with van der Waals surface area (Å²) >= 11 is 5.90. The summed E-state index contributed by atoms with van der Waals surface area (Å²) in [6.07, 6.45) is -0.939. The van der Waals surface area contributed by atoms with Gasteiger partial charge in [-0.3, -0.25) is 4.79 Å². The first-order valence-electron chi connectivity index (χ1n) is 8.21. The standard InChI is InChI=1S/C20H19ClN2O3/c1-11-12(2)22-18-8-7-14(9-17(11)18)20(25)26-13(3)19(24)23-16-6-4-5-15(21)10-16/h4-10,13,22H,1-3H3,(H,23,24)/t13-/m0/s1. The summed E-state index contributed by atoms with van der Waals surface area (Å²) in [4.78, 5) is 27.9. The summed E-state index contributed by atoms with van der Waals surface area (Å²) in [5.74, 6) is -0.964. The Morgan fingerprint density at radius 2 is 1.92 bits per heavy atom. The van der Waals surface area contributed by atoms with Crippen LogP contribution in [0.1, 0.15) is 28.5 Å². The number of rotatable bonds is 4. The number of aromatic amines is 1. The first-order chi connectivity index (χ1) is 12.3. The van der Waals surface area contributed by atoms with Crippen LogP contribution in [-0.4, -0.2) is 23.0 Å². The van der Waals surface area contributed by atoms with Crippen LogP contribution in [0.15, 0.2) is 42.5 Å². The number of aryl methyl sites for hydroxylation is 2. The van der Waals surface area contributed by atoms with Crippen LogP contribution in [0.25, 0.3) is 10.9 Å². The Balaban J connectivity index is 1.70. The monoisotopic (exact) mass is 370 g/mol. The van der Waals surface area contributed by atoms with Gasteiger partial charge in [-0.25, -0.2) is 4.79 Å². The van der Waals surface area contributed by atoms with Gasteiger partial charge in [0.1, 0.15) is 0 Å². The molecule has 1 atom stereocenters. The lowest BCUT2D eigenvalue weighted by Crippen LogP contribution is -2.30. The molecule has 3 rings (SSSR count). The van der Waals surface area contributed by atoms with Gasteiger partial charge in [0.2, 0.25) is 0 Å². The molecule has 0 radical (unpaired) electrons. The van der Waals surface area contributed by atoms with Gasteiger partial charge < -0.3 is 15.0 Å². The number of fused-ring (bicyclic) bond motifs is 1. The van der Waals surface area contributed by atoms with E-state index in [4.69, 9.17) is 16.3 Å². The number of ether oxygens (including phenoxy) is 1. The molecular weight excluding hydrogens is 352 g/mol. The fourth-order valence-electron chi connectivity index (χ4n) is 2.68. The molecule has 134 valence electrons. The minimum absolute atomic E-state index is 0.405. The molecule has 0 fully saturated rings. The number of esters is 1. The van der Waals surface area contributed by atoms with Crippen molar-refractivity contribution in [1.29, 1.82) is 0 Å². The topological polar surface area (TPSA) is 71.2 Å². The largest absolute Gasteiger partial charge is 0.449 e. The molecule has 0 aliphatic rings. The normalized spacial score (nSPS) is 12.0. The van der Waals surface area contributed by atoms with Crippen LogP contribution in [0.4, 0.5) is 5.69 Å².